The topological polar surface area (TPSA) is 62.4 Å². The monoisotopic (exact) mass is 647 g/mol. The Morgan fingerprint density at radius 3 is 1.82 bits per heavy atom. The van der Waals surface area contributed by atoms with Gasteiger partial charge in [0.05, 0.1) is 18.5 Å². The molecule has 1 aliphatic heterocycles. The fourth-order valence-corrected chi connectivity index (χ4v) is 7.58. The first-order valence-corrected chi connectivity index (χ1v) is 17.1. The van der Waals surface area contributed by atoms with E-state index in [-0.39, 0.29) is 18.5 Å². The number of rotatable bonds is 5. The first kappa shape index (κ1) is 29.0. The van der Waals surface area contributed by atoms with Crippen LogP contribution < -0.4 is 16.0 Å². The minimum absolute atomic E-state index is 0.147. The molecule has 9 aromatic rings. The molecule has 1 fully saturated rings. The highest BCUT2D eigenvalue weighted by atomic mass is 16.3. The predicted molar refractivity (Wildman–Crippen MR) is 202 cm³/mol. The molecule has 3 atom stereocenters. The Hall–Kier alpha value is -5.98. The number of hydrogen-bond donors (Lipinski definition) is 3. The smallest absolute Gasteiger partial charge is 0.141 e. The lowest BCUT2D eigenvalue weighted by Gasteiger charge is -2.39. The van der Waals surface area contributed by atoms with E-state index in [4.69, 9.17) is 8.83 Å². The van der Waals surface area contributed by atoms with Crippen LogP contribution in [0.25, 0.3) is 66.1 Å². The number of fused-ring (bicyclic) bond motifs is 6. The molecule has 0 aliphatic carbocycles. The number of para-hydroxylation sites is 2. The van der Waals surface area contributed by atoms with Crippen LogP contribution in [0.3, 0.4) is 0 Å². The van der Waals surface area contributed by atoms with Gasteiger partial charge in [0.2, 0.25) is 0 Å². The first-order chi connectivity index (χ1) is 24.8. The van der Waals surface area contributed by atoms with Gasteiger partial charge in [0.25, 0.3) is 0 Å². The zero-order chi connectivity index (χ0) is 33.0. The highest BCUT2D eigenvalue weighted by Crippen LogP contribution is 2.39. The lowest BCUT2D eigenvalue weighted by molar-refractivity contribution is 0.203. The lowest BCUT2D eigenvalue weighted by atomic mass is 9.98. The number of furan rings is 2. The van der Waals surface area contributed by atoms with Gasteiger partial charge in [0.15, 0.2) is 0 Å². The minimum atomic E-state index is -0.208. The minimum Gasteiger partial charge on any atom is -0.456 e. The molecule has 7 aromatic carbocycles. The van der Waals surface area contributed by atoms with Gasteiger partial charge in [-0.05, 0) is 51.6 Å². The molecule has 10 rings (SSSR count). The van der Waals surface area contributed by atoms with Crippen molar-refractivity contribution >= 4 is 43.9 Å². The molecule has 0 amide bonds. The van der Waals surface area contributed by atoms with Crippen LogP contribution in [0.15, 0.2) is 173 Å². The maximum Gasteiger partial charge on any atom is 0.141 e. The molecule has 0 radical (unpaired) electrons. The molecule has 1 saturated heterocycles. The van der Waals surface area contributed by atoms with Gasteiger partial charge in [0.1, 0.15) is 22.3 Å². The summed E-state index contributed by atoms with van der Waals surface area (Å²) in [4.78, 5) is 0. The van der Waals surface area contributed by atoms with E-state index in [1.54, 1.807) is 0 Å². The van der Waals surface area contributed by atoms with Crippen LogP contribution in [0.1, 0.15) is 35.2 Å². The molecular weight excluding hydrogens is 615 g/mol. The summed E-state index contributed by atoms with van der Waals surface area (Å²) in [5, 5.41) is 16.1. The highest BCUT2D eigenvalue weighted by molar-refractivity contribution is 6.12. The fraction of sp³-hybridized carbons (Fsp3) is 0.0667. The summed E-state index contributed by atoms with van der Waals surface area (Å²) in [6, 6.07) is 57.4. The lowest BCUT2D eigenvalue weighted by Crippen LogP contribution is -2.54. The molecule has 50 heavy (non-hydrogen) atoms. The number of nitrogens with one attached hydrogen (secondary N) is 3. The Bertz CT molecular complexity index is 2640. The highest BCUT2D eigenvalue weighted by Gasteiger charge is 2.32. The van der Waals surface area contributed by atoms with Crippen molar-refractivity contribution < 1.29 is 8.83 Å². The Kier molecular flexibility index (Phi) is 6.88. The summed E-state index contributed by atoms with van der Waals surface area (Å²) in [6.45, 7) is 0. The SMILES string of the molecule is c1ccc(-c2ccc(C3NC(c4ccc5c(c4)oc4cccc(-c6ccccc6)c45)NC(c4cccc5c4oc4ccccc45)N3)cc2)cc1. The third-order valence-electron chi connectivity index (χ3n) is 10.0. The second kappa shape index (κ2) is 11.9. The molecule has 1 aliphatic rings. The fourth-order valence-electron chi connectivity index (χ4n) is 7.58. The van der Waals surface area contributed by atoms with E-state index >= 15 is 0 Å². The summed E-state index contributed by atoms with van der Waals surface area (Å²) in [7, 11) is 0. The molecule has 2 aromatic heterocycles. The number of hydrogen-bond acceptors (Lipinski definition) is 5. The maximum absolute atomic E-state index is 6.53. The van der Waals surface area contributed by atoms with E-state index in [1.165, 1.54) is 22.3 Å². The average Bonchev–Trinajstić information content (AvgIpc) is 3.77. The van der Waals surface area contributed by atoms with Crippen molar-refractivity contribution in [2.24, 2.45) is 0 Å². The van der Waals surface area contributed by atoms with Crippen LogP contribution in [0, 0.1) is 0 Å². The third-order valence-corrected chi connectivity index (χ3v) is 10.0. The van der Waals surface area contributed by atoms with Crippen molar-refractivity contribution in [2.45, 2.75) is 18.5 Å². The zero-order valence-corrected chi connectivity index (χ0v) is 27.1. The predicted octanol–water partition coefficient (Wildman–Crippen LogP) is 11.0. The van der Waals surface area contributed by atoms with Crippen LogP contribution >= 0.6 is 0 Å². The van der Waals surface area contributed by atoms with Gasteiger partial charge in [-0.25, -0.2) is 0 Å². The molecule has 240 valence electrons. The normalized spacial score (nSPS) is 18.0. The third kappa shape index (κ3) is 4.91. The molecule has 3 heterocycles. The maximum atomic E-state index is 6.53. The second-order valence-electron chi connectivity index (χ2n) is 13.0. The molecule has 5 nitrogen and oxygen atoms in total. The molecule has 0 saturated carbocycles. The molecule has 3 unspecified atom stereocenters. The Morgan fingerprint density at radius 1 is 0.380 bits per heavy atom. The molecule has 5 heteroatoms. The summed E-state index contributed by atoms with van der Waals surface area (Å²) in [5.41, 5.74) is 11.6. The van der Waals surface area contributed by atoms with Gasteiger partial charge >= 0.3 is 0 Å². The van der Waals surface area contributed by atoms with Crippen LogP contribution in [-0.2, 0) is 0 Å². The summed E-state index contributed by atoms with van der Waals surface area (Å²) < 4.78 is 13.0. The Balaban J connectivity index is 1.07. The zero-order valence-electron chi connectivity index (χ0n) is 27.1. The summed E-state index contributed by atoms with van der Waals surface area (Å²) >= 11 is 0. The Morgan fingerprint density at radius 2 is 1.00 bits per heavy atom. The van der Waals surface area contributed by atoms with E-state index in [0.717, 1.165) is 60.6 Å². The van der Waals surface area contributed by atoms with E-state index in [2.05, 4.69) is 168 Å². The molecule has 0 bridgehead atoms. The van der Waals surface area contributed by atoms with E-state index in [0.29, 0.717) is 0 Å². The van der Waals surface area contributed by atoms with E-state index < -0.39 is 0 Å². The second-order valence-corrected chi connectivity index (χ2v) is 13.0. The van der Waals surface area contributed by atoms with Crippen LogP contribution in [0.5, 0.6) is 0 Å². The van der Waals surface area contributed by atoms with Crippen LogP contribution in [0.4, 0.5) is 0 Å². The average molecular weight is 648 g/mol. The van der Waals surface area contributed by atoms with Gasteiger partial charge in [-0.1, -0.05) is 146 Å². The van der Waals surface area contributed by atoms with Gasteiger partial charge in [-0.3, -0.25) is 16.0 Å². The van der Waals surface area contributed by atoms with Crippen LogP contribution in [-0.4, -0.2) is 0 Å². The van der Waals surface area contributed by atoms with Crippen LogP contribution in [0.2, 0.25) is 0 Å². The largest absolute Gasteiger partial charge is 0.456 e. The van der Waals surface area contributed by atoms with Gasteiger partial charge in [0, 0.05) is 27.1 Å². The van der Waals surface area contributed by atoms with Gasteiger partial charge < -0.3 is 8.83 Å². The van der Waals surface area contributed by atoms with Crippen molar-refractivity contribution in [1.29, 1.82) is 0 Å². The molecule has 3 N–H and O–H groups in total. The van der Waals surface area contributed by atoms with E-state index in [9.17, 15) is 0 Å². The first-order valence-electron chi connectivity index (χ1n) is 17.1. The quantitative estimate of drug-likeness (QED) is 0.174. The van der Waals surface area contributed by atoms with Crippen molar-refractivity contribution in [3.63, 3.8) is 0 Å². The van der Waals surface area contributed by atoms with E-state index in [1.807, 2.05) is 12.1 Å². The Labute approximate surface area is 289 Å². The standard InChI is InChI=1S/C45H33N3O2/c1-3-11-28(12-4-1)29-21-23-31(24-22-29)43-46-44(48-45(47-43)37-18-9-17-35-34-15-7-8-19-38(34)50-42(35)37)32-25-26-36-40(27-32)49-39-20-10-16-33(41(36)39)30-13-5-2-6-14-30/h1-27,43-48H. The molecule has 0 spiro atoms. The van der Waals surface area contributed by atoms with Gasteiger partial charge in [-0.2, -0.15) is 0 Å². The summed E-state index contributed by atoms with van der Waals surface area (Å²) in [6.07, 6.45) is -0.544. The van der Waals surface area contributed by atoms with Crippen molar-refractivity contribution in [1.82, 2.24) is 16.0 Å². The molecular formula is C45H33N3O2. The van der Waals surface area contributed by atoms with Gasteiger partial charge in [-0.15, -0.1) is 0 Å². The van der Waals surface area contributed by atoms with Crippen molar-refractivity contribution in [3.05, 3.63) is 180 Å². The van der Waals surface area contributed by atoms with Crippen molar-refractivity contribution in [2.75, 3.05) is 0 Å². The van der Waals surface area contributed by atoms with Crippen molar-refractivity contribution in [3.8, 4) is 22.3 Å². The number of benzene rings is 7. The summed E-state index contributed by atoms with van der Waals surface area (Å²) in [5.74, 6) is 0.